The Bertz CT molecular complexity index is 1540. The van der Waals surface area contributed by atoms with Crippen molar-refractivity contribution >= 4 is 51.6 Å². The van der Waals surface area contributed by atoms with Crippen molar-refractivity contribution in [2.45, 2.75) is 39.3 Å². The first kappa shape index (κ1) is 27.1. The van der Waals surface area contributed by atoms with E-state index >= 15 is 0 Å². The van der Waals surface area contributed by atoms with Gasteiger partial charge in [-0.05, 0) is 62.2 Å². The standard InChI is InChI=1S/C27H30N4O3S3/c1-5-34-21-13-9-8-12-20(21)30-24-23(37-27(30)35)25(33)31(19-11-7-6-10-18(19)4)26(29-24)36-16-22(32)28-15-14-17(2)3/h6-13,17H,5,14-16H2,1-4H3,(H,28,32). The first-order chi connectivity index (χ1) is 17.8. The number of thiazole rings is 1. The lowest BCUT2D eigenvalue weighted by Gasteiger charge is -2.15. The Morgan fingerprint density at radius 3 is 2.54 bits per heavy atom. The van der Waals surface area contributed by atoms with Crippen LogP contribution in [0.5, 0.6) is 5.75 Å². The Morgan fingerprint density at radius 1 is 1.14 bits per heavy atom. The second-order valence-corrected chi connectivity index (χ2v) is 11.5. The van der Waals surface area contributed by atoms with Gasteiger partial charge in [-0.2, -0.15) is 0 Å². The van der Waals surface area contributed by atoms with Crippen LogP contribution in [0.3, 0.4) is 0 Å². The van der Waals surface area contributed by atoms with Gasteiger partial charge in [-0.15, -0.1) is 0 Å². The second-order valence-electron chi connectivity index (χ2n) is 8.90. The predicted molar refractivity (Wildman–Crippen MR) is 154 cm³/mol. The van der Waals surface area contributed by atoms with Gasteiger partial charge < -0.3 is 10.1 Å². The Morgan fingerprint density at radius 2 is 1.84 bits per heavy atom. The monoisotopic (exact) mass is 554 g/mol. The number of para-hydroxylation sites is 3. The van der Waals surface area contributed by atoms with Crippen molar-refractivity contribution in [3.8, 4) is 17.1 Å². The molecule has 194 valence electrons. The third-order valence-electron chi connectivity index (χ3n) is 5.72. The number of ether oxygens (including phenoxy) is 1. The first-order valence-electron chi connectivity index (χ1n) is 12.2. The molecule has 0 spiro atoms. The van der Waals surface area contributed by atoms with Gasteiger partial charge in [0.15, 0.2) is 14.8 Å². The van der Waals surface area contributed by atoms with Crippen LogP contribution in [0.15, 0.2) is 58.5 Å². The quantitative estimate of drug-likeness (QED) is 0.149. The minimum atomic E-state index is -0.217. The number of thioether (sulfide) groups is 1. The molecule has 0 bridgehead atoms. The Balaban J connectivity index is 1.86. The zero-order chi connectivity index (χ0) is 26.5. The van der Waals surface area contributed by atoms with E-state index in [1.807, 2.05) is 62.4 Å². The number of fused-ring (bicyclic) bond motifs is 1. The summed E-state index contributed by atoms with van der Waals surface area (Å²) in [4.78, 5) is 31.4. The van der Waals surface area contributed by atoms with E-state index in [0.717, 1.165) is 23.4 Å². The van der Waals surface area contributed by atoms with Gasteiger partial charge in [-0.3, -0.25) is 18.7 Å². The minimum absolute atomic E-state index is 0.0971. The molecule has 0 saturated carbocycles. The molecule has 0 aliphatic heterocycles. The highest BCUT2D eigenvalue weighted by Gasteiger charge is 2.21. The van der Waals surface area contributed by atoms with Crippen molar-refractivity contribution in [2.75, 3.05) is 18.9 Å². The van der Waals surface area contributed by atoms with E-state index in [0.29, 0.717) is 44.3 Å². The van der Waals surface area contributed by atoms with E-state index in [-0.39, 0.29) is 17.2 Å². The molecule has 0 unspecified atom stereocenters. The highest BCUT2D eigenvalue weighted by Crippen LogP contribution is 2.31. The number of carbonyl (C=O) groups is 1. The lowest BCUT2D eigenvalue weighted by molar-refractivity contribution is -0.118. The summed E-state index contributed by atoms with van der Waals surface area (Å²) in [6.45, 7) is 9.22. The third-order valence-corrected chi connectivity index (χ3v) is 8.01. The van der Waals surface area contributed by atoms with Crippen LogP contribution in [0.4, 0.5) is 0 Å². The van der Waals surface area contributed by atoms with Crippen molar-refractivity contribution in [1.82, 2.24) is 19.4 Å². The molecular formula is C27H30N4O3S3. The van der Waals surface area contributed by atoms with Crippen LogP contribution in [0.25, 0.3) is 21.7 Å². The fourth-order valence-electron chi connectivity index (χ4n) is 3.87. The number of rotatable bonds is 10. The zero-order valence-corrected chi connectivity index (χ0v) is 23.8. The number of hydrogen-bond acceptors (Lipinski definition) is 7. The Hall–Kier alpha value is -2.95. The predicted octanol–water partition coefficient (Wildman–Crippen LogP) is 5.93. The first-order valence-corrected chi connectivity index (χ1v) is 14.4. The lowest BCUT2D eigenvalue weighted by Crippen LogP contribution is -2.28. The topological polar surface area (TPSA) is 78.1 Å². The van der Waals surface area contributed by atoms with Crippen molar-refractivity contribution in [2.24, 2.45) is 5.92 Å². The van der Waals surface area contributed by atoms with Crippen LogP contribution in [0, 0.1) is 16.8 Å². The molecule has 2 aromatic heterocycles. The summed E-state index contributed by atoms with van der Waals surface area (Å²) in [5.41, 5.74) is 2.62. The highest BCUT2D eigenvalue weighted by atomic mass is 32.2. The molecule has 0 fully saturated rings. The molecule has 1 N–H and O–H groups in total. The average molecular weight is 555 g/mol. The van der Waals surface area contributed by atoms with Crippen LogP contribution in [-0.2, 0) is 4.79 Å². The van der Waals surface area contributed by atoms with Crippen LogP contribution < -0.4 is 15.6 Å². The normalized spacial score (nSPS) is 11.3. The van der Waals surface area contributed by atoms with E-state index in [1.165, 1.54) is 23.1 Å². The SMILES string of the molecule is CCOc1ccccc1-n1c(=S)sc2c(=O)n(-c3ccccc3C)c(SCC(=O)NCCC(C)C)nc21. The molecular weight excluding hydrogens is 525 g/mol. The number of hydrogen-bond donors (Lipinski definition) is 1. The molecule has 0 saturated heterocycles. The number of nitrogens with one attached hydrogen (secondary N) is 1. The fraction of sp³-hybridized carbons (Fsp3) is 0.333. The summed E-state index contributed by atoms with van der Waals surface area (Å²) >= 11 is 8.18. The number of benzene rings is 2. The second kappa shape index (κ2) is 12.1. The van der Waals surface area contributed by atoms with Gasteiger partial charge >= 0.3 is 0 Å². The van der Waals surface area contributed by atoms with Gasteiger partial charge in [0, 0.05) is 6.54 Å². The summed E-state index contributed by atoms with van der Waals surface area (Å²) in [5, 5.41) is 3.39. The summed E-state index contributed by atoms with van der Waals surface area (Å²) in [7, 11) is 0. The number of nitrogens with zero attached hydrogens (tertiary/aromatic N) is 3. The molecule has 37 heavy (non-hydrogen) atoms. The molecule has 2 aromatic carbocycles. The smallest absolute Gasteiger partial charge is 0.278 e. The number of amides is 1. The molecule has 10 heteroatoms. The van der Waals surface area contributed by atoms with Gasteiger partial charge in [0.05, 0.1) is 23.7 Å². The van der Waals surface area contributed by atoms with Gasteiger partial charge in [0.1, 0.15) is 10.4 Å². The van der Waals surface area contributed by atoms with E-state index in [9.17, 15) is 9.59 Å². The molecule has 0 aliphatic carbocycles. The molecule has 0 atom stereocenters. The maximum Gasteiger partial charge on any atom is 0.278 e. The maximum absolute atomic E-state index is 13.9. The van der Waals surface area contributed by atoms with Crippen LogP contribution in [-0.4, -0.2) is 38.9 Å². The van der Waals surface area contributed by atoms with E-state index in [2.05, 4.69) is 19.2 Å². The van der Waals surface area contributed by atoms with Gasteiger partial charge in [-0.1, -0.05) is 67.3 Å². The fourth-order valence-corrected chi connectivity index (χ4v) is 5.99. The highest BCUT2D eigenvalue weighted by molar-refractivity contribution is 7.99. The molecule has 0 aliphatic rings. The Labute approximate surface area is 229 Å². The number of aromatic nitrogens is 3. The van der Waals surface area contributed by atoms with E-state index in [4.69, 9.17) is 21.9 Å². The summed E-state index contributed by atoms with van der Waals surface area (Å²) < 4.78 is 10.2. The molecule has 2 heterocycles. The van der Waals surface area contributed by atoms with Gasteiger partial charge in [0.25, 0.3) is 5.56 Å². The summed E-state index contributed by atoms with van der Waals surface area (Å²) in [6, 6.07) is 15.2. The zero-order valence-electron chi connectivity index (χ0n) is 21.3. The van der Waals surface area contributed by atoms with Crippen LogP contribution in [0.2, 0.25) is 0 Å². The number of aryl methyl sites for hydroxylation is 1. The van der Waals surface area contributed by atoms with Gasteiger partial charge in [0.2, 0.25) is 5.91 Å². The minimum Gasteiger partial charge on any atom is -0.492 e. The number of carbonyl (C=O) groups excluding carboxylic acids is 1. The molecule has 7 nitrogen and oxygen atoms in total. The van der Waals surface area contributed by atoms with Gasteiger partial charge in [-0.25, -0.2) is 4.98 Å². The average Bonchev–Trinajstić information content (AvgIpc) is 3.20. The van der Waals surface area contributed by atoms with Crippen LogP contribution >= 0.6 is 35.3 Å². The summed E-state index contributed by atoms with van der Waals surface area (Å²) in [6.07, 6.45) is 0.907. The van der Waals surface area contributed by atoms with E-state index < -0.39 is 0 Å². The van der Waals surface area contributed by atoms with Crippen molar-refractivity contribution in [1.29, 1.82) is 0 Å². The van der Waals surface area contributed by atoms with Crippen molar-refractivity contribution < 1.29 is 9.53 Å². The largest absolute Gasteiger partial charge is 0.492 e. The molecule has 0 radical (unpaired) electrons. The maximum atomic E-state index is 13.9. The van der Waals surface area contributed by atoms with Crippen molar-refractivity contribution in [3.63, 3.8) is 0 Å². The molecule has 4 aromatic rings. The van der Waals surface area contributed by atoms with Crippen LogP contribution in [0.1, 0.15) is 32.8 Å². The molecule has 4 rings (SSSR count). The third kappa shape index (κ3) is 5.97. The summed E-state index contributed by atoms with van der Waals surface area (Å²) in [5.74, 6) is 1.21. The Kier molecular flexibility index (Phi) is 8.83. The van der Waals surface area contributed by atoms with E-state index in [1.54, 1.807) is 9.13 Å². The van der Waals surface area contributed by atoms with Crippen molar-refractivity contribution in [3.05, 3.63) is 68.4 Å². The lowest BCUT2D eigenvalue weighted by atomic mass is 10.1. The molecule has 1 amide bonds.